The second-order valence-corrected chi connectivity index (χ2v) is 19.0. The number of aryl methyl sites for hydroxylation is 1. The van der Waals surface area contributed by atoms with Gasteiger partial charge in [0.15, 0.2) is 0 Å². The molecular formula is C61H43F3N2O6. The Balaban J connectivity index is 0.906. The number of carbonyl (C=O) groups excluding carboxylic acids is 4. The van der Waals surface area contributed by atoms with Gasteiger partial charge in [-0.15, -0.1) is 0 Å². The molecule has 0 aromatic heterocycles. The Kier molecular flexibility index (Phi) is 10.2. The van der Waals surface area contributed by atoms with E-state index in [4.69, 9.17) is 9.47 Å². The summed E-state index contributed by atoms with van der Waals surface area (Å²) in [5.74, 6) is -2.15. The van der Waals surface area contributed by atoms with Gasteiger partial charge in [-0.25, -0.2) is 4.90 Å². The van der Waals surface area contributed by atoms with E-state index >= 15 is 13.2 Å². The molecule has 8 nitrogen and oxygen atoms in total. The monoisotopic (exact) mass is 956 g/mol. The molecule has 4 amide bonds. The lowest BCUT2D eigenvalue weighted by molar-refractivity contribution is -0.173. The van der Waals surface area contributed by atoms with Crippen LogP contribution in [0.4, 0.5) is 18.9 Å². The van der Waals surface area contributed by atoms with Crippen molar-refractivity contribution in [3.05, 3.63) is 231 Å². The van der Waals surface area contributed by atoms with E-state index in [-0.39, 0.29) is 63.3 Å². The summed E-state index contributed by atoms with van der Waals surface area (Å²) in [5.41, 5.74) is 7.83. The van der Waals surface area contributed by atoms with Crippen LogP contribution in [0.2, 0.25) is 0 Å². The highest BCUT2D eigenvalue weighted by molar-refractivity contribution is 6.35. The van der Waals surface area contributed by atoms with Crippen molar-refractivity contribution in [2.45, 2.75) is 37.3 Å². The zero-order valence-corrected chi connectivity index (χ0v) is 39.2. The van der Waals surface area contributed by atoms with Crippen LogP contribution in [0.25, 0.3) is 33.4 Å². The molecule has 8 aromatic carbocycles. The zero-order chi connectivity index (χ0) is 49.8. The summed E-state index contributed by atoms with van der Waals surface area (Å²) >= 11 is 0. The molecule has 12 rings (SSSR count). The minimum atomic E-state index is -4.94. The molecule has 2 aliphatic carbocycles. The largest absolute Gasteiger partial charge is 0.492 e. The SMILES string of the molecule is Cc1ccc(-c2ccc(N3C(=O)c4ccc(C(C)(c5ccc6c(c5)C(=O)N(C)C6=O)C(F)(F)F)cc4C3=O)c(OCC3c4ccccc4-c4ccccc43)c2)cc1OCC1c2ccccc2-c2ccccc21. The Bertz CT molecular complexity index is 3570. The number of amides is 4. The van der Waals surface area contributed by atoms with Crippen LogP contribution in [0.1, 0.15) is 99.1 Å². The van der Waals surface area contributed by atoms with Gasteiger partial charge in [0.2, 0.25) is 0 Å². The number of hydrogen-bond donors (Lipinski definition) is 0. The highest BCUT2D eigenvalue weighted by Crippen LogP contribution is 2.50. The number of fused-ring (bicyclic) bond motifs is 8. The average Bonchev–Trinajstić information content (AvgIpc) is 4.05. The molecule has 72 heavy (non-hydrogen) atoms. The number of anilines is 1. The number of carbonyl (C=O) groups is 4. The molecule has 0 fully saturated rings. The van der Waals surface area contributed by atoms with Crippen LogP contribution in [-0.4, -0.2) is 55.0 Å². The van der Waals surface area contributed by atoms with Gasteiger partial charge in [0.05, 0.1) is 41.2 Å². The lowest BCUT2D eigenvalue weighted by Gasteiger charge is -2.33. The van der Waals surface area contributed by atoms with Crippen molar-refractivity contribution in [2.75, 3.05) is 25.2 Å². The third-order valence-corrected chi connectivity index (χ3v) is 15.2. The molecule has 0 saturated heterocycles. The first-order valence-electron chi connectivity index (χ1n) is 23.7. The van der Waals surface area contributed by atoms with Crippen molar-refractivity contribution in [1.29, 1.82) is 0 Å². The van der Waals surface area contributed by atoms with Crippen molar-refractivity contribution >= 4 is 29.3 Å². The van der Waals surface area contributed by atoms with Gasteiger partial charge in [-0.1, -0.05) is 127 Å². The van der Waals surface area contributed by atoms with Gasteiger partial charge in [0, 0.05) is 18.9 Å². The van der Waals surface area contributed by atoms with Crippen LogP contribution in [-0.2, 0) is 5.41 Å². The molecule has 2 aliphatic heterocycles. The van der Waals surface area contributed by atoms with Gasteiger partial charge in [0.1, 0.15) is 16.9 Å². The summed E-state index contributed by atoms with van der Waals surface area (Å²) in [7, 11) is 1.27. The van der Waals surface area contributed by atoms with Gasteiger partial charge in [-0.2, -0.15) is 13.2 Å². The van der Waals surface area contributed by atoms with Crippen molar-refractivity contribution in [1.82, 2.24) is 4.90 Å². The number of imide groups is 2. The van der Waals surface area contributed by atoms with Crippen molar-refractivity contribution < 1.29 is 41.8 Å². The van der Waals surface area contributed by atoms with E-state index in [0.717, 1.165) is 62.2 Å². The third-order valence-electron chi connectivity index (χ3n) is 15.2. The summed E-state index contributed by atoms with van der Waals surface area (Å²) in [6.07, 6.45) is -4.94. The van der Waals surface area contributed by atoms with E-state index < -0.39 is 35.2 Å². The number of benzene rings is 8. The quantitative estimate of drug-likeness (QED) is 0.127. The average molecular weight is 957 g/mol. The molecule has 0 N–H and O–H groups in total. The molecule has 8 aromatic rings. The number of nitrogens with zero attached hydrogens (tertiary/aromatic N) is 2. The van der Waals surface area contributed by atoms with E-state index in [1.807, 2.05) is 73.7 Å². The maximum atomic E-state index is 15.5. The summed E-state index contributed by atoms with van der Waals surface area (Å²) < 4.78 is 59.9. The third kappa shape index (κ3) is 6.74. The summed E-state index contributed by atoms with van der Waals surface area (Å²) in [4.78, 5) is 56.6. The van der Waals surface area contributed by atoms with Crippen LogP contribution in [0.3, 0.4) is 0 Å². The van der Waals surface area contributed by atoms with Crippen molar-refractivity contribution in [3.8, 4) is 44.9 Å². The number of alkyl halides is 3. The maximum absolute atomic E-state index is 15.5. The smallest absolute Gasteiger partial charge is 0.402 e. The fourth-order valence-corrected chi connectivity index (χ4v) is 11.1. The van der Waals surface area contributed by atoms with E-state index in [1.54, 1.807) is 18.2 Å². The highest BCUT2D eigenvalue weighted by Gasteiger charge is 2.55. The second kappa shape index (κ2) is 16.5. The second-order valence-electron chi connectivity index (χ2n) is 19.0. The Morgan fingerprint density at radius 3 is 1.36 bits per heavy atom. The standard InChI is InChI=1S/C61H43F3N2O6/c1-34-20-21-35(28-54(34)71-32-51-43-16-8-4-12-39(43)40-13-5-9-17-44(40)51)36-22-27-53(55(29-36)72-33-52-45-18-10-6-14-41(45)42-15-7-11-19-46(42)52)66-58(69)48-26-24-38(31-50(48)59(66)70)60(2,61(62,63)64)37-23-25-47-49(30-37)57(68)65(3)56(47)67/h4-31,51-52H,32-33H2,1-3H3. The lowest BCUT2D eigenvalue weighted by Crippen LogP contribution is -2.41. The van der Waals surface area contributed by atoms with Gasteiger partial charge in [-0.05, 0) is 129 Å². The topological polar surface area (TPSA) is 93.2 Å². The van der Waals surface area contributed by atoms with Crippen LogP contribution in [0.15, 0.2) is 170 Å². The first-order chi connectivity index (χ1) is 34.7. The van der Waals surface area contributed by atoms with Crippen LogP contribution in [0, 0.1) is 6.92 Å². The van der Waals surface area contributed by atoms with Gasteiger partial charge >= 0.3 is 6.18 Å². The Hall–Kier alpha value is -8.57. The first-order valence-corrected chi connectivity index (χ1v) is 23.7. The molecule has 354 valence electrons. The van der Waals surface area contributed by atoms with Crippen molar-refractivity contribution in [2.24, 2.45) is 0 Å². The van der Waals surface area contributed by atoms with E-state index in [2.05, 4.69) is 48.5 Å². The number of ether oxygens (including phenoxy) is 2. The summed E-state index contributed by atoms with van der Waals surface area (Å²) in [6, 6.07) is 51.1. The molecule has 0 radical (unpaired) electrons. The van der Waals surface area contributed by atoms with Gasteiger partial charge in [0.25, 0.3) is 23.6 Å². The summed E-state index contributed by atoms with van der Waals surface area (Å²) in [5, 5.41) is 0. The van der Waals surface area contributed by atoms with E-state index in [9.17, 15) is 19.2 Å². The number of rotatable bonds is 10. The molecular weight excluding hydrogens is 914 g/mol. The fraction of sp³-hybridized carbons (Fsp3) is 0.148. The molecule has 4 aliphatic rings. The molecule has 2 heterocycles. The molecule has 0 spiro atoms. The zero-order valence-electron chi connectivity index (χ0n) is 39.2. The normalized spacial score (nSPS) is 15.5. The minimum absolute atomic E-state index is 0.0000125. The highest BCUT2D eigenvalue weighted by atomic mass is 19.4. The van der Waals surface area contributed by atoms with Gasteiger partial charge < -0.3 is 9.47 Å². The van der Waals surface area contributed by atoms with E-state index in [1.165, 1.54) is 53.6 Å². The first kappa shape index (κ1) is 44.6. The van der Waals surface area contributed by atoms with Crippen LogP contribution in [0.5, 0.6) is 11.5 Å². The molecule has 11 heteroatoms. The van der Waals surface area contributed by atoms with Crippen LogP contribution < -0.4 is 14.4 Å². The predicted octanol–water partition coefficient (Wildman–Crippen LogP) is 12.9. The molecule has 1 unspecified atom stereocenters. The van der Waals surface area contributed by atoms with E-state index in [0.29, 0.717) is 17.9 Å². The molecule has 0 bridgehead atoms. The minimum Gasteiger partial charge on any atom is -0.492 e. The fourth-order valence-electron chi connectivity index (χ4n) is 11.1. The van der Waals surface area contributed by atoms with Crippen LogP contribution >= 0.6 is 0 Å². The predicted molar refractivity (Wildman–Crippen MR) is 268 cm³/mol. The molecule has 1 atom stereocenters. The Morgan fingerprint density at radius 1 is 0.458 bits per heavy atom. The Morgan fingerprint density at radius 2 is 0.861 bits per heavy atom. The van der Waals surface area contributed by atoms with Gasteiger partial charge in [-0.3, -0.25) is 24.1 Å². The molecule has 0 saturated carbocycles. The van der Waals surface area contributed by atoms with Crippen molar-refractivity contribution in [3.63, 3.8) is 0 Å². The number of hydrogen-bond acceptors (Lipinski definition) is 6. The maximum Gasteiger partial charge on any atom is 0.402 e. The number of halogens is 3. The summed E-state index contributed by atoms with van der Waals surface area (Å²) in [6.45, 7) is 3.49. The lowest BCUT2D eigenvalue weighted by atomic mass is 9.74. The Labute approximate surface area is 412 Å².